The molecule has 0 aliphatic carbocycles. The molecule has 2 saturated heterocycles. The van der Waals surface area contributed by atoms with Gasteiger partial charge in [0.15, 0.2) is 30.4 Å². The van der Waals surface area contributed by atoms with Gasteiger partial charge in [0.2, 0.25) is 0 Å². The lowest BCUT2D eigenvalue weighted by atomic mass is 9.97. The van der Waals surface area contributed by atoms with Gasteiger partial charge in [-0.1, -0.05) is 30.3 Å². The van der Waals surface area contributed by atoms with E-state index in [9.17, 15) is 24.0 Å². The minimum Gasteiger partial charge on any atom is -0.463 e. The van der Waals surface area contributed by atoms with Crippen LogP contribution in [0.4, 0.5) is 4.79 Å². The number of rotatable bonds is 11. The Bertz CT molecular complexity index is 1160. The van der Waals surface area contributed by atoms with Gasteiger partial charge in [0, 0.05) is 27.7 Å². The lowest BCUT2D eigenvalue weighted by Gasteiger charge is -2.46. The molecule has 15 nitrogen and oxygen atoms in total. The van der Waals surface area contributed by atoms with Crippen LogP contribution in [0.5, 0.6) is 0 Å². The lowest BCUT2D eigenvalue weighted by Crippen LogP contribution is -2.66. The summed E-state index contributed by atoms with van der Waals surface area (Å²) in [5.74, 6) is -3.96. The molecule has 2 heterocycles. The molecule has 3 rings (SSSR count). The Morgan fingerprint density at radius 1 is 0.795 bits per heavy atom. The molecule has 1 aromatic carbocycles. The van der Waals surface area contributed by atoms with Gasteiger partial charge in [-0.15, -0.1) is 0 Å². The third-order valence-corrected chi connectivity index (χ3v) is 6.44. The molecule has 0 bridgehead atoms. The van der Waals surface area contributed by atoms with Crippen LogP contribution in [0.25, 0.3) is 0 Å². The quantitative estimate of drug-likeness (QED) is 0.276. The van der Waals surface area contributed by atoms with Gasteiger partial charge in [-0.3, -0.25) is 19.2 Å². The van der Waals surface area contributed by atoms with Crippen molar-refractivity contribution in [3.63, 3.8) is 0 Å². The summed E-state index contributed by atoms with van der Waals surface area (Å²) in [6.07, 6.45) is -7.67. The average molecular weight is 626 g/mol. The van der Waals surface area contributed by atoms with E-state index in [0.717, 1.165) is 26.3 Å². The van der Waals surface area contributed by atoms with Crippen LogP contribution in [0.3, 0.4) is 0 Å². The van der Waals surface area contributed by atoms with Gasteiger partial charge in [-0.2, -0.15) is 0 Å². The van der Waals surface area contributed by atoms with E-state index in [-0.39, 0.29) is 26.4 Å². The van der Waals surface area contributed by atoms with E-state index in [1.807, 2.05) is 18.2 Å². The minimum atomic E-state index is -1.47. The Hall–Kier alpha value is -3.79. The summed E-state index contributed by atoms with van der Waals surface area (Å²) in [5, 5.41) is 2.74. The average Bonchev–Trinajstić information content (AvgIpc) is 2.94. The first kappa shape index (κ1) is 34.7. The first-order chi connectivity index (χ1) is 20.7. The maximum Gasteiger partial charge on any atom is 0.408 e. The molecule has 2 fully saturated rings. The number of carbonyl (C=O) groups is 5. The number of benzene rings is 1. The number of amides is 1. The number of nitrogens with one attached hydrogen (secondary N) is 1. The van der Waals surface area contributed by atoms with Crippen LogP contribution in [-0.2, 0) is 68.4 Å². The summed E-state index contributed by atoms with van der Waals surface area (Å²) >= 11 is 0. The van der Waals surface area contributed by atoms with Crippen LogP contribution in [0.1, 0.15) is 47.1 Å². The van der Waals surface area contributed by atoms with E-state index in [0.29, 0.717) is 0 Å². The monoisotopic (exact) mass is 625 g/mol. The fourth-order valence-electron chi connectivity index (χ4n) is 4.44. The summed E-state index contributed by atoms with van der Waals surface area (Å²) in [5.41, 5.74) is -0.551. The Morgan fingerprint density at radius 2 is 1.36 bits per heavy atom. The second-order valence-electron chi connectivity index (χ2n) is 10.8. The summed E-state index contributed by atoms with van der Waals surface area (Å²) < 4.78 is 50.4. The minimum absolute atomic E-state index is 0.00346. The van der Waals surface area contributed by atoms with Crippen LogP contribution in [0, 0.1) is 0 Å². The topological polar surface area (TPSA) is 180 Å². The molecular weight excluding hydrogens is 586 g/mol. The van der Waals surface area contributed by atoms with Crippen molar-refractivity contribution in [3.05, 3.63) is 35.9 Å². The summed E-state index contributed by atoms with van der Waals surface area (Å²) in [6, 6.07) is 9.05. The first-order valence-corrected chi connectivity index (χ1v) is 13.9. The molecule has 15 heteroatoms. The molecule has 0 unspecified atom stereocenters. The SMILES string of the molecule is CC(=O)OC[C@H]1O[C@@H](OCC2(NC(=O)OCc3ccccc3)COC(C)(C)OC2)[C@H](OC(C)=O)[C@@H](OC(C)=O)[C@H]1OC(C)=O. The predicted molar refractivity (Wildman–Crippen MR) is 146 cm³/mol. The van der Waals surface area contributed by atoms with Gasteiger partial charge in [0.05, 0.1) is 19.8 Å². The van der Waals surface area contributed by atoms with Crippen LogP contribution >= 0.6 is 0 Å². The van der Waals surface area contributed by atoms with Gasteiger partial charge >= 0.3 is 30.0 Å². The lowest BCUT2D eigenvalue weighted by molar-refractivity contribution is -0.321. The second-order valence-corrected chi connectivity index (χ2v) is 10.8. The molecular formula is C29H39NO14. The van der Waals surface area contributed by atoms with Crippen molar-refractivity contribution < 1.29 is 66.6 Å². The third kappa shape index (κ3) is 10.4. The van der Waals surface area contributed by atoms with Gasteiger partial charge < -0.3 is 47.9 Å². The van der Waals surface area contributed by atoms with Crippen molar-refractivity contribution >= 4 is 30.0 Å². The number of hydrogen-bond acceptors (Lipinski definition) is 14. The molecule has 0 aromatic heterocycles. The Balaban J connectivity index is 1.86. The zero-order valence-corrected chi connectivity index (χ0v) is 25.5. The molecule has 1 amide bonds. The summed E-state index contributed by atoms with van der Waals surface area (Å²) in [6.45, 7) is 6.99. The molecule has 1 aromatic rings. The zero-order valence-electron chi connectivity index (χ0n) is 25.5. The number of esters is 4. The Morgan fingerprint density at radius 3 is 1.93 bits per heavy atom. The Kier molecular flexibility index (Phi) is 12.0. The standard InChI is InChI=1S/C29H39NO14/c1-17(31)36-13-22-23(41-18(2)32)24(42-19(3)33)25(43-20(4)34)26(44-22)38-14-29(15-39-28(5,6)40-16-29)30-27(35)37-12-21-10-8-7-9-11-21/h7-11,22-26H,12-16H2,1-6H3,(H,30,35)/t22-,23+,24+,25-,26-/m1/s1. The molecule has 0 saturated carbocycles. The number of carbonyl (C=O) groups excluding carboxylic acids is 5. The Labute approximate surface area is 254 Å². The highest BCUT2D eigenvalue weighted by molar-refractivity contribution is 5.69. The summed E-state index contributed by atoms with van der Waals surface area (Å²) in [4.78, 5) is 60.6. The fourth-order valence-corrected chi connectivity index (χ4v) is 4.44. The number of alkyl carbamates (subject to hydrolysis) is 1. The molecule has 1 N–H and O–H groups in total. The van der Waals surface area contributed by atoms with Crippen molar-refractivity contribution in [1.82, 2.24) is 5.32 Å². The molecule has 2 aliphatic heterocycles. The molecule has 244 valence electrons. The van der Waals surface area contributed by atoms with E-state index in [2.05, 4.69) is 5.32 Å². The first-order valence-electron chi connectivity index (χ1n) is 13.9. The normalized spacial score (nSPS) is 25.5. The molecule has 44 heavy (non-hydrogen) atoms. The van der Waals surface area contributed by atoms with Crippen LogP contribution in [0.15, 0.2) is 30.3 Å². The summed E-state index contributed by atoms with van der Waals surface area (Å²) in [7, 11) is 0. The molecule has 5 atom stereocenters. The molecule has 0 spiro atoms. The van der Waals surface area contributed by atoms with Crippen molar-refractivity contribution in [3.8, 4) is 0 Å². The zero-order chi connectivity index (χ0) is 32.5. The number of hydrogen-bond donors (Lipinski definition) is 1. The van der Waals surface area contributed by atoms with Crippen LogP contribution < -0.4 is 5.32 Å². The van der Waals surface area contributed by atoms with Crippen LogP contribution in [-0.4, -0.2) is 98.4 Å². The maximum atomic E-state index is 12.9. The van der Waals surface area contributed by atoms with Crippen molar-refractivity contribution in [2.75, 3.05) is 26.4 Å². The molecule has 0 radical (unpaired) electrons. The van der Waals surface area contributed by atoms with Crippen molar-refractivity contribution in [2.45, 2.75) is 90.2 Å². The van der Waals surface area contributed by atoms with Crippen molar-refractivity contribution in [2.24, 2.45) is 0 Å². The van der Waals surface area contributed by atoms with Gasteiger partial charge in [0.1, 0.15) is 24.9 Å². The van der Waals surface area contributed by atoms with E-state index >= 15 is 0 Å². The van der Waals surface area contributed by atoms with E-state index in [1.165, 1.54) is 6.92 Å². The highest BCUT2D eigenvalue weighted by Gasteiger charge is 2.54. The van der Waals surface area contributed by atoms with E-state index < -0.39 is 78.6 Å². The van der Waals surface area contributed by atoms with Gasteiger partial charge in [0.25, 0.3) is 0 Å². The highest BCUT2D eigenvalue weighted by atomic mass is 16.7. The fraction of sp³-hybridized carbons (Fsp3) is 0.621. The second kappa shape index (κ2) is 15.3. The molecule has 2 aliphatic rings. The van der Waals surface area contributed by atoms with E-state index in [1.54, 1.807) is 26.0 Å². The maximum absolute atomic E-state index is 12.9. The van der Waals surface area contributed by atoms with Gasteiger partial charge in [-0.05, 0) is 19.4 Å². The third-order valence-electron chi connectivity index (χ3n) is 6.44. The van der Waals surface area contributed by atoms with Gasteiger partial charge in [-0.25, -0.2) is 4.79 Å². The van der Waals surface area contributed by atoms with Crippen molar-refractivity contribution in [1.29, 1.82) is 0 Å². The predicted octanol–water partition coefficient (Wildman–Crippen LogP) is 1.53. The highest BCUT2D eigenvalue weighted by Crippen LogP contribution is 2.31. The van der Waals surface area contributed by atoms with E-state index in [4.69, 9.17) is 42.6 Å². The van der Waals surface area contributed by atoms with Crippen LogP contribution in [0.2, 0.25) is 0 Å². The number of ether oxygens (including phenoxy) is 9. The smallest absolute Gasteiger partial charge is 0.408 e. The largest absolute Gasteiger partial charge is 0.463 e.